The second kappa shape index (κ2) is 6.36. The highest BCUT2D eigenvalue weighted by atomic mass is 79.9. The van der Waals surface area contributed by atoms with Crippen LogP contribution in [0.5, 0.6) is 11.9 Å². The zero-order chi connectivity index (χ0) is 13.0. The van der Waals surface area contributed by atoms with E-state index in [2.05, 4.69) is 32.8 Å². The van der Waals surface area contributed by atoms with Crippen molar-refractivity contribution in [3.63, 3.8) is 0 Å². The number of methoxy groups -OCH3 is 1. The molecule has 0 amide bonds. The predicted molar refractivity (Wildman–Crippen MR) is 72.9 cm³/mol. The largest absolute Gasteiger partial charge is 0.480 e. The monoisotopic (exact) mass is 314 g/mol. The van der Waals surface area contributed by atoms with E-state index < -0.39 is 0 Å². The summed E-state index contributed by atoms with van der Waals surface area (Å²) < 4.78 is 11.7. The second-order valence-corrected chi connectivity index (χ2v) is 5.54. The molecule has 100 valence electrons. The van der Waals surface area contributed by atoms with Crippen molar-refractivity contribution in [1.82, 2.24) is 9.97 Å². The molecule has 0 aliphatic heterocycles. The van der Waals surface area contributed by atoms with E-state index in [0.717, 1.165) is 23.2 Å². The number of rotatable bonds is 4. The van der Waals surface area contributed by atoms with Crippen LogP contribution in [-0.4, -0.2) is 23.2 Å². The first-order chi connectivity index (χ1) is 8.72. The maximum atomic E-state index is 5.86. The Morgan fingerprint density at radius 3 is 3.00 bits per heavy atom. The van der Waals surface area contributed by atoms with E-state index in [4.69, 9.17) is 9.47 Å². The number of ether oxygens (including phenoxy) is 2. The molecular weight excluding hydrogens is 296 g/mol. The normalized spacial score (nSPS) is 23.7. The van der Waals surface area contributed by atoms with Gasteiger partial charge in [0.25, 0.3) is 0 Å². The molecule has 2 rings (SSSR count). The Labute approximate surface area is 116 Å². The van der Waals surface area contributed by atoms with Gasteiger partial charge in [0.15, 0.2) is 0 Å². The molecule has 1 aromatic heterocycles. The highest BCUT2D eigenvalue weighted by Gasteiger charge is 2.23. The van der Waals surface area contributed by atoms with Crippen molar-refractivity contribution in [3.8, 4) is 11.9 Å². The van der Waals surface area contributed by atoms with E-state index in [1.54, 1.807) is 13.3 Å². The van der Waals surface area contributed by atoms with Gasteiger partial charge in [-0.05, 0) is 41.1 Å². The Morgan fingerprint density at radius 2 is 2.28 bits per heavy atom. The Bertz CT molecular complexity index is 401. The number of halogens is 1. The van der Waals surface area contributed by atoms with Gasteiger partial charge in [-0.15, -0.1) is 0 Å². The Hall–Kier alpha value is -0.840. The minimum absolute atomic E-state index is 0.245. The first kappa shape index (κ1) is 13.6. The maximum Gasteiger partial charge on any atom is 0.320 e. The molecule has 1 fully saturated rings. The molecule has 2 atom stereocenters. The van der Waals surface area contributed by atoms with Crippen LogP contribution in [0.2, 0.25) is 0 Å². The maximum absolute atomic E-state index is 5.86. The van der Waals surface area contributed by atoms with Gasteiger partial charge in [0, 0.05) is 0 Å². The van der Waals surface area contributed by atoms with Gasteiger partial charge in [0.1, 0.15) is 6.10 Å². The molecule has 0 N–H and O–H groups in total. The Kier molecular flexibility index (Phi) is 4.80. The highest BCUT2D eigenvalue weighted by molar-refractivity contribution is 9.10. The van der Waals surface area contributed by atoms with Gasteiger partial charge >= 0.3 is 6.01 Å². The van der Waals surface area contributed by atoms with Gasteiger partial charge in [-0.3, -0.25) is 0 Å². The molecule has 2 unspecified atom stereocenters. The lowest BCUT2D eigenvalue weighted by Crippen LogP contribution is -2.25. The van der Waals surface area contributed by atoms with E-state index in [9.17, 15) is 0 Å². The van der Waals surface area contributed by atoms with Crippen LogP contribution in [0.15, 0.2) is 10.7 Å². The van der Waals surface area contributed by atoms with Crippen molar-refractivity contribution in [2.45, 2.75) is 45.1 Å². The molecule has 5 heteroatoms. The van der Waals surface area contributed by atoms with E-state index >= 15 is 0 Å². The van der Waals surface area contributed by atoms with E-state index in [0.29, 0.717) is 11.9 Å². The van der Waals surface area contributed by atoms with Crippen LogP contribution in [-0.2, 0) is 0 Å². The van der Waals surface area contributed by atoms with Crippen molar-refractivity contribution in [1.29, 1.82) is 0 Å². The summed E-state index contributed by atoms with van der Waals surface area (Å²) in [6.45, 7) is 2.24. The molecule has 0 spiro atoms. The molecule has 1 aliphatic carbocycles. The first-order valence-electron chi connectivity index (χ1n) is 6.46. The Morgan fingerprint density at radius 1 is 1.44 bits per heavy atom. The molecule has 0 aromatic carbocycles. The van der Waals surface area contributed by atoms with Crippen LogP contribution in [0.1, 0.15) is 39.0 Å². The summed E-state index contributed by atoms with van der Waals surface area (Å²) in [5.74, 6) is 1.30. The zero-order valence-electron chi connectivity index (χ0n) is 10.9. The summed E-state index contributed by atoms with van der Waals surface area (Å²) in [6.07, 6.45) is 7.90. The minimum Gasteiger partial charge on any atom is -0.480 e. The van der Waals surface area contributed by atoms with E-state index in [1.807, 2.05) is 0 Å². The molecular formula is C13H19BrN2O2. The lowest BCUT2D eigenvalue weighted by atomic mass is 9.86. The number of hydrogen-bond donors (Lipinski definition) is 0. The van der Waals surface area contributed by atoms with Gasteiger partial charge < -0.3 is 9.47 Å². The quantitative estimate of drug-likeness (QED) is 0.851. The highest BCUT2D eigenvalue weighted by Crippen LogP contribution is 2.30. The minimum atomic E-state index is 0.245. The summed E-state index contributed by atoms with van der Waals surface area (Å²) in [7, 11) is 1.59. The fourth-order valence-corrected chi connectivity index (χ4v) is 2.76. The van der Waals surface area contributed by atoms with Crippen LogP contribution in [0.4, 0.5) is 0 Å². The lowest BCUT2D eigenvalue weighted by molar-refractivity contribution is 0.110. The van der Waals surface area contributed by atoms with Crippen molar-refractivity contribution in [3.05, 3.63) is 10.7 Å². The zero-order valence-corrected chi connectivity index (χ0v) is 12.4. The van der Waals surface area contributed by atoms with Crippen molar-refractivity contribution in [2.24, 2.45) is 5.92 Å². The third-order valence-corrected chi connectivity index (χ3v) is 4.01. The number of hydrogen-bond acceptors (Lipinski definition) is 4. The summed E-state index contributed by atoms with van der Waals surface area (Å²) in [6, 6.07) is 0.414. The molecule has 4 nitrogen and oxygen atoms in total. The van der Waals surface area contributed by atoms with Crippen LogP contribution in [0, 0.1) is 5.92 Å². The van der Waals surface area contributed by atoms with Crippen LogP contribution >= 0.6 is 15.9 Å². The fourth-order valence-electron chi connectivity index (χ4n) is 2.40. The van der Waals surface area contributed by atoms with Gasteiger partial charge in [0.2, 0.25) is 5.88 Å². The summed E-state index contributed by atoms with van der Waals surface area (Å²) in [5, 5.41) is 0. The molecule has 1 saturated carbocycles. The smallest absolute Gasteiger partial charge is 0.320 e. The van der Waals surface area contributed by atoms with Crippen LogP contribution in [0.25, 0.3) is 0 Å². The summed E-state index contributed by atoms with van der Waals surface area (Å²) in [5.41, 5.74) is 0. The van der Waals surface area contributed by atoms with Crippen molar-refractivity contribution >= 4 is 15.9 Å². The SMILES string of the molecule is CCC1CCCC(Oc2ncc(Br)c(OC)n2)C1. The number of aromatic nitrogens is 2. The van der Waals surface area contributed by atoms with Gasteiger partial charge in [-0.2, -0.15) is 4.98 Å². The molecule has 1 aliphatic rings. The summed E-state index contributed by atoms with van der Waals surface area (Å²) in [4.78, 5) is 8.40. The molecule has 1 heterocycles. The fraction of sp³-hybridized carbons (Fsp3) is 0.692. The Balaban J connectivity index is 2.00. The van der Waals surface area contributed by atoms with Crippen LogP contribution in [0.3, 0.4) is 0 Å². The average Bonchev–Trinajstić information content (AvgIpc) is 2.41. The van der Waals surface area contributed by atoms with Gasteiger partial charge in [-0.1, -0.05) is 19.8 Å². The van der Waals surface area contributed by atoms with Gasteiger partial charge in [0.05, 0.1) is 17.8 Å². The van der Waals surface area contributed by atoms with Gasteiger partial charge in [-0.25, -0.2) is 4.98 Å². The third-order valence-electron chi connectivity index (χ3n) is 3.47. The van der Waals surface area contributed by atoms with Crippen molar-refractivity contribution in [2.75, 3.05) is 7.11 Å². The van der Waals surface area contributed by atoms with E-state index in [1.165, 1.54) is 19.3 Å². The number of nitrogens with zero attached hydrogens (tertiary/aromatic N) is 2. The molecule has 0 bridgehead atoms. The molecule has 0 radical (unpaired) electrons. The standard InChI is InChI=1S/C13H19BrN2O2/c1-3-9-5-4-6-10(7-9)18-13-15-8-11(14)12(16-13)17-2/h8-10H,3-7H2,1-2H3. The third kappa shape index (κ3) is 3.34. The molecule has 1 aromatic rings. The van der Waals surface area contributed by atoms with E-state index in [-0.39, 0.29) is 6.10 Å². The molecule has 18 heavy (non-hydrogen) atoms. The lowest BCUT2D eigenvalue weighted by Gasteiger charge is -2.28. The first-order valence-corrected chi connectivity index (χ1v) is 7.25. The summed E-state index contributed by atoms with van der Waals surface area (Å²) >= 11 is 3.33. The van der Waals surface area contributed by atoms with Crippen molar-refractivity contribution < 1.29 is 9.47 Å². The predicted octanol–water partition coefficient (Wildman–Crippen LogP) is 3.60. The molecule has 0 saturated heterocycles. The topological polar surface area (TPSA) is 44.2 Å². The second-order valence-electron chi connectivity index (χ2n) is 4.69. The van der Waals surface area contributed by atoms with Crippen LogP contribution < -0.4 is 9.47 Å². The average molecular weight is 315 g/mol.